The molecule has 0 aliphatic heterocycles. The molecule has 2 rings (SSSR count). The Kier molecular flexibility index (Phi) is 4.58. The van der Waals surface area contributed by atoms with Gasteiger partial charge in [-0.15, -0.1) is 0 Å². The Hall–Kier alpha value is -1.36. The van der Waals surface area contributed by atoms with E-state index < -0.39 is 0 Å². The summed E-state index contributed by atoms with van der Waals surface area (Å²) in [6, 6.07) is 4.08. The highest BCUT2D eigenvalue weighted by Crippen LogP contribution is 2.20. The molecule has 0 saturated heterocycles. The molecule has 0 radical (unpaired) electrons. The van der Waals surface area contributed by atoms with Crippen LogP contribution in [0.4, 0.5) is 5.69 Å². The summed E-state index contributed by atoms with van der Waals surface area (Å²) < 4.78 is 3.05. The zero-order valence-electron chi connectivity index (χ0n) is 11.6. The number of hydrogen-bond donors (Lipinski definition) is 1. The average molecular weight is 323 g/mol. The first kappa shape index (κ1) is 14.1. The maximum atomic E-state index is 4.51. The van der Waals surface area contributed by atoms with Crippen molar-refractivity contribution < 1.29 is 0 Å². The highest BCUT2D eigenvalue weighted by molar-refractivity contribution is 9.10. The zero-order chi connectivity index (χ0) is 13.8. The number of aryl methyl sites for hydroxylation is 1. The first-order chi connectivity index (χ1) is 9.11. The molecule has 0 fully saturated rings. The molecule has 5 heteroatoms. The topological polar surface area (TPSA) is 42.7 Å². The average Bonchev–Trinajstić information content (AvgIpc) is 2.64. The highest BCUT2D eigenvalue weighted by Gasteiger charge is 2.09. The van der Waals surface area contributed by atoms with Crippen molar-refractivity contribution in [1.29, 1.82) is 0 Å². The molecule has 0 aliphatic carbocycles. The Labute approximate surface area is 122 Å². The third-order valence-electron chi connectivity index (χ3n) is 3.00. The van der Waals surface area contributed by atoms with Crippen LogP contribution in [0.2, 0.25) is 0 Å². The van der Waals surface area contributed by atoms with Gasteiger partial charge in [-0.05, 0) is 48.3 Å². The lowest BCUT2D eigenvalue weighted by molar-refractivity contribution is 0.646. The van der Waals surface area contributed by atoms with Crippen LogP contribution in [0.5, 0.6) is 0 Å². The summed E-state index contributed by atoms with van der Waals surface area (Å²) in [6.07, 6.45) is 2.95. The van der Waals surface area contributed by atoms with Crippen LogP contribution in [-0.2, 0) is 6.54 Å². The number of nitrogens with one attached hydrogen (secondary N) is 1. The van der Waals surface area contributed by atoms with Crippen molar-refractivity contribution in [1.82, 2.24) is 14.8 Å². The first-order valence-electron chi connectivity index (χ1n) is 6.50. The van der Waals surface area contributed by atoms with E-state index in [0.717, 1.165) is 40.2 Å². The van der Waals surface area contributed by atoms with Crippen LogP contribution >= 0.6 is 15.9 Å². The smallest absolute Gasteiger partial charge is 0.0835 e. The zero-order valence-corrected chi connectivity index (χ0v) is 13.2. The lowest BCUT2D eigenvalue weighted by Gasteiger charge is -2.08. The Morgan fingerprint density at radius 3 is 2.79 bits per heavy atom. The van der Waals surface area contributed by atoms with Gasteiger partial charge in [-0.2, -0.15) is 5.10 Å². The van der Waals surface area contributed by atoms with Crippen LogP contribution in [0, 0.1) is 13.8 Å². The van der Waals surface area contributed by atoms with E-state index in [1.54, 1.807) is 0 Å². The van der Waals surface area contributed by atoms with Gasteiger partial charge in [0.2, 0.25) is 0 Å². The number of rotatable bonds is 5. The number of pyridine rings is 1. The molecule has 102 valence electrons. The Morgan fingerprint density at radius 2 is 2.16 bits per heavy atom. The van der Waals surface area contributed by atoms with E-state index in [2.05, 4.69) is 51.2 Å². The predicted molar refractivity (Wildman–Crippen MR) is 81.5 cm³/mol. The van der Waals surface area contributed by atoms with E-state index in [0.29, 0.717) is 6.54 Å². The fourth-order valence-electron chi connectivity index (χ4n) is 1.93. The molecule has 2 aromatic heterocycles. The molecule has 1 N–H and O–H groups in total. The van der Waals surface area contributed by atoms with Crippen LogP contribution in [0.15, 0.2) is 22.8 Å². The summed E-state index contributed by atoms with van der Waals surface area (Å²) in [7, 11) is 0. The molecule has 0 bridgehead atoms. The standard InChI is InChI=1S/C14H19BrN4/c1-4-6-16-12-5-7-17-13(8-12)9-19-11(3)14(15)10(2)18-19/h5,7-8H,4,6,9H2,1-3H3,(H,16,17). The molecule has 0 amide bonds. The Balaban J connectivity index is 2.16. The molecule has 4 nitrogen and oxygen atoms in total. The first-order valence-corrected chi connectivity index (χ1v) is 7.29. The molecule has 0 spiro atoms. The van der Waals surface area contributed by atoms with Crippen molar-refractivity contribution in [3.8, 4) is 0 Å². The van der Waals surface area contributed by atoms with Crippen molar-refractivity contribution in [3.05, 3.63) is 39.9 Å². The largest absolute Gasteiger partial charge is 0.385 e. The van der Waals surface area contributed by atoms with E-state index in [4.69, 9.17) is 0 Å². The second kappa shape index (κ2) is 6.19. The molecule has 0 aromatic carbocycles. The van der Waals surface area contributed by atoms with Gasteiger partial charge in [0.15, 0.2) is 0 Å². The Bertz CT molecular complexity index is 563. The van der Waals surface area contributed by atoms with E-state index in [1.807, 2.05) is 23.9 Å². The summed E-state index contributed by atoms with van der Waals surface area (Å²) in [5, 5.41) is 7.88. The minimum Gasteiger partial charge on any atom is -0.385 e. The van der Waals surface area contributed by atoms with Gasteiger partial charge in [-0.3, -0.25) is 9.67 Å². The minimum absolute atomic E-state index is 0.694. The van der Waals surface area contributed by atoms with Gasteiger partial charge in [0.05, 0.1) is 28.1 Å². The van der Waals surface area contributed by atoms with Gasteiger partial charge in [-0.1, -0.05) is 6.92 Å². The SMILES string of the molecule is CCCNc1ccnc(Cn2nc(C)c(Br)c2C)c1. The van der Waals surface area contributed by atoms with Crippen molar-refractivity contribution in [2.24, 2.45) is 0 Å². The van der Waals surface area contributed by atoms with Gasteiger partial charge in [-0.25, -0.2) is 0 Å². The maximum Gasteiger partial charge on any atom is 0.0835 e. The van der Waals surface area contributed by atoms with Crippen molar-refractivity contribution >= 4 is 21.6 Å². The normalized spacial score (nSPS) is 10.7. The summed E-state index contributed by atoms with van der Waals surface area (Å²) in [5.41, 5.74) is 4.27. The summed E-state index contributed by atoms with van der Waals surface area (Å²) in [4.78, 5) is 4.41. The van der Waals surface area contributed by atoms with E-state index in [-0.39, 0.29) is 0 Å². The molecule has 2 heterocycles. The summed E-state index contributed by atoms with van der Waals surface area (Å²) in [6.45, 7) is 7.89. The molecule has 0 saturated carbocycles. The van der Waals surface area contributed by atoms with Crippen molar-refractivity contribution in [2.45, 2.75) is 33.7 Å². The van der Waals surface area contributed by atoms with E-state index in [9.17, 15) is 0 Å². The lowest BCUT2D eigenvalue weighted by Crippen LogP contribution is -2.07. The monoisotopic (exact) mass is 322 g/mol. The third kappa shape index (κ3) is 3.35. The third-order valence-corrected chi connectivity index (χ3v) is 4.15. The molecule has 0 atom stereocenters. The van der Waals surface area contributed by atoms with Crippen molar-refractivity contribution in [3.63, 3.8) is 0 Å². The molecule has 0 aliphatic rings. The van der Waals surface area contributed by atoms with Gasteiger partial charge in [0.1, 0.15) is 0 Å². The van der Waals surface area contributed by atoms with Crippen molar-refractivity contribution in [2.75, 3.05) is 11.9 Å². The fraction of sp³-hybridized carbons (Fsp3) is 0.429. The Morgan fingerprint density at radius 1 is 1.37 bits per heavy atom. The number of aromatic nitrogens is 3. The second-order valence-electron chi connectivity index (χ2n) is 4.61. The quantitative estimate of drug-likeness (QED) is 0.915. The lowest BCUT2D eigenvalue weighted by atomic mass is 10.3. The van der Waals surface area contributed by atoms with Crippen LogP contribution < -0.4 is 5.32 Å². The second-order valence-corrected chi connectivity index (χ2v) is 5.40. The molecule has 19 heavy (non-hydrogen) atoms. The predicted octanol–water partition coefficient (Wildman–Crippen LogP) is 3.53. The maximum absolute atomic E-state index is 4.51. The number of nitrogens with zero attached hydrogens (tertiary/aromatic N) is 3. The highest BCUT2D eigenvalue weighted by atomic mass is 79.9. The fourth-order valence-corrected chi connectivity index (χ4v) is 2.21. The number of hydrogen-bond acceptors (Lipinski definition) is 3. The number of anilines is 1. The van der Waals surface area contributed by atoms with E-state index in [1.165, 1.54) is 0 Å². The molecule has 0 unspecified atom stereocenters. The summed E-state index contributed by atoms with van der Waals surface area (Å²) in [5.74, 6) is 0. The van der Waals surface area contributed by atoms with Crippen LogP contribution in [0.1, 0.15) is 30.4 Å². The van der Waals surface area contributed by atoms with Gasteiger partial charge < -0.3 is 5.32 Å². The minimum atomic E-state index is 0.694. The van der Waals surface area contributed by atoms with Crippen LogP contribution in [0.25, 0.3) is 0 Å². The summed E-state index contributed by atoms with van der Waals surface area (Å²) >= 11 is 3.55. The van der Waals surface area contributed by atoms with Gasteiger partial charge >= 0.3 is 0 Å². The van der Waals surface area contributed by atoms with E-state index >= 15 is 0 Å². The number of halogens is 1. The molecular formula is C14H19BrN4. The molecular weight excluding hydrogens is 304 g/mol. The van der Waals surface area contributed by atoms with Gasteiger partial charge in [0.25, 0.3) is 0 Å². The molecule has 2 aromatic rings. The van der Waals surface area contributed by atoms with Crippen LogP contribution in [0.3, 0.4) is 0 Å². The van der Waals surface area contributed by atoms with Crippen LogP contribution in [-0.4, -0.2) is 21.3 Å². The van der Waals surface area contributed by atoms with Gasteiger partial charge in [0, 0.05) is 18.4 Å².